The van der Waals surface area contributed by atoms with Gasteiger partial charge in [0.15, 0.2) is 0 Å². The summed E-state index contributed by atoms with van der Waals surface area (Å²) in [6.45, 7) is 4.04. The van der Waals surface area contributed by atoms with Gasteiger partial charge in [-0.25, -0.2) is 0 Å². The summed E-state index contributed by atoms with van der Waals surface area (Å²) in [5.41, 5.74) is -0.589. The van der Waals surface area contributed by atoms with Crippen LogP contribution < -0.4 is 0 Å². The molecule has 0 bridgehead atoms. The normalized spacial score (nSPS) is 36.6. The Morgan fingerprint density at radius 1 is 1.13 bits per heavy atom. The van der Waals surface area contributed by atoms with Crippen molar-refractivity contribution in [3.63, 3.8) is 0 Å². The molecule has 0 aromatic rings. The minimum Gasteiger partial charge on any atom is -0.392 e. The Kier molecular flexibility index (Phi) is 3.53. The number of aliphatic hydroxyl groups is 1. The molecule has 4 aliphatic rings. The topological polar surface area (TPSA) is 67.3 Å². The molecule has 7 heteroatoms. The summed E-state index contributed by atoms with van der Waals surface area (Å²) >= 11 is 0. The maximum atomic E-state index is 12.8. The van der Waals surface area contributed by atoms with Gasteiger partial charge in [0.2, 0.25) is 5.91 Å². The van der Waals surface area contributed by atoms with Crippen LogP contribution in [-0.4, -0.2) is 107 Å². The van der Waals surface area contributed by atoms with E-state index >= 15 is 0 Å². The minimum atomic E-state index is -0.589. The maximum Gasteiger partial charge on any atom is 0.252 e. The molecular weight excluding hydrogens is 296 g/mol. The van der Waals surface area contributed by atoms with E-state index in [0.29, 0.717) is 32.1 Å². The van der Waals surface area contributed by atoms with E-state index < -0.39 is 11.6 Å². The summed E-state index contributed by atoms with van der Waals surface area (Å²) in [7, 11) is 3.74. The number of carbonyl (C=O) groups excluding carboxylic acids is 2. The van der Waals surface area contributed by atoms with Crippen LogP contribution in [-0.2, 0) is 9.59 Å². The zero-order valence-corrected chi connectivity index (χ0v) is 13.9. The minimum absolute atomic E-state index is 0.0861. The van der Waals surface area contributed by atoms with Crippen LogP contribution in [0.2, 0.25) is 0 Å². The van der Waals surface area contributed by atoms with E-state index in [-0.39, 0.29) is 17.9 Å². The molecule has 1 N–H and O–H groups in total. The molecule has 23 heavy (non-hydrogen) atoms. The number of fused-ring (bicyclic) bond motifs is 2. The van der Waals surface area contributed by atoms with Crippen LogP contribution >= 0.6 is 0 Å². The number of likely N-dealkylation sites (N-methyl/N-ethyl adjacent to an activating group) is 1. The zero-order chi connectivity index (χ0) is 16.4. The first-order chi connectivity index (χ1) is 10.9. The fourth-order valence-corrected chi connectivity index (χ4v) is 4.84. The highest BCUT2D eigenvalue weighted by Crippen LogP contribution is 2.41. The largest absolute Gasteiger partial charge is 0.392 e. The maximum absolute atomic E-state index is 12.8. The molecule has 0 radical (unpaired) electrons. The summed E-state index contributed by atoms with van der Waals surface area (Å²) < 4.78 is 0. The van der Waals surface area contributed by atoms with Gasteiger partial charge in [-0.2, -0.15) is 0 Å². The first-order valence-electron chi connectivity index (χ1n) is 8.62. The van der Waals surface area contributed by atoms with Crippen molar-refractivity contribution < 1.29 is 14.7 Å². The lowest BCUT2D eigenvalue weighted by Crippen LogP contribution is -2.82. The molecule has 4 aliphatic heterocycles. The molecule has 2 atom stereocenters. The van der Waals surface area contributed by atoms with Gasteiger partial charge in [0.25, 0.3) is 5.91 Å². The highest BCUT2D eigenvalue weighted by atomic mass is 16.3. The summed E-state index contributed by atoms with van der Waals surface area (Å²) in [5, 5.41) is 10.0. The molecule has 4 heterocycles. The third kappa shape index (κ3) is 2.17. The molecule has 128 valence electrons. The Morgan fingerprint density at radius 3 is 2.43 bits per heavy atom. The lowest BCUT2D eigenvalue weighted by molar-refractivity contribution is -0.181. The number of hydrogen-bond donors (Lipinski definition) is 1. The fourth-order valence-electron chi connectivity index (χ4n) is 4.84. The standard InChI is InChI=1S/C16H26N4O3/c1-17-5-3-11(4-6-17)19-9-16(10-19)15(23)18(2)14(22)13-7-12(21)8-20(13)16/h11-13,21H,3-10H2,1-2H3. The van der Waals surface area contributed by atoms with E-state index in [2.05, 4.69) is 16.8 Å². The number of likely N-dealkylation sites (tertiary alicyclic amines) is 2. The molecule has 2 unspecified atom stereocenters. The van der Waals surface area contributed by atoms with Gasteiger partial charge in [-0.1, -0.05) is 0 Å². The first-order valence-corrected chi connectivity index (χ1v) is 8.62. The van der Waals surface area contributed by atoms with Gasteiger partial charge in [0.05, 0.1) is 12.1 Å². The number of β-amino-alcohol motifs (C(OH)–C–C–N with tert-alkyl or cyclic N) is 1. The van der Waals surface area contributed by atoms with E-state index in [1.807, 2.05) is 4.90 Å². The molecule has 2 amide bonds. The molecule has 0 aromatic carbocycles. The fraction of sp³-hybridized carbons (Fsp3) is 0.875. The smallest absolute Gasteiger partial charge is 0.252 e. The second-order valence-electron chi connectivity index (χ2n) is 7.73. The Bertz CT molecular complexity index is 525. The predicted molar refractivity (Wildman–Crippen MR) is 83.7 cm³/mol. The molecule has 0 aliphatic carbocycles. The lowest BCUT2D eigenvalue weighted by Gasteiger charge is -2.60. The van der Waals surface area contributed by atoms with Crippen molar-refractivity contribution in [3.8, 4) is 0 Å². The molecule has 1 spiro atoms. The van der Waals surface area contributed by atoms with E-state index in [0.717, 1.165) is 25.9 Å². The van der Waals surface area contributed by atoms with Crippen LogP contribution in [0.4, 0.5) is 0 Å². The van der Waals surface area contributed by atoms with Crippen molar-refractivity contribution in [3.05, 3.63) is 0 Å². The van der Waals surface area contributed by atoms with Crippen LogP contribution in [0.15, 0.2) is 0 Å². The van der Waals surface area contributed by atoms with Crippen molar-refractivity contribution in [1.29, 1.82) is 0 Å². The van der Waals surface area contributed by atoms with Gasteiger partial charge in [0.1, 0.15) is 5.54 Å². The van der Waals surface area contributed by atoms with Gasteiger partial charge in [0, 0.05) is 32.7 Å². The van der Waals surface area contributed by atoms with Crippen molar-refractivity contribution in [2.45, 2.75) is 43.0 Å². The first kappa shape index (κ1) is 15.5. The number of carbonyl (C=O) groups is 2. The van der Waals surface area contributed by atoms with Crippen molar-refractivity contribution in [1.82, 2.24) is 19.6 Å². The van der Waals surface area contributed by atoms with Crippen LogP contribution in [0.3, 0.4) is 0 Å². The molecule has 4 saturated heterocycles. The lowest BCUT2D eigenvalue weighted by atomic mass is 9.80. The Balaban J connectivity index is 1.52. The van der Waals surface area contributed by atoms with E-state index in [1.165, 1.54) is 4.90 Å². The van der Waals surface area contributed by atoms with Gasteiger partial charge in [-0.15, -0.1) is 0 Å². The third-order valence-corrected chi connectivity index (χ3v) is 6.28. The summed E-state index contributed by atoms with van der Waals surface area (Å²) in [5.74, 6) is -0.244. The van der Waals surface area contributed by atoms with Crippen molar-refractivity contribution in [2.75, 3.05) is 46.8 Å². The van der Waals surface area contributed by atoms with Gasteiger partial charge in [-0.3, -0.25) is 24.3 Å². The van der Waals surface area contributed by atoms with Gasteiger partial charge >= 0.3 is 0 Å². The number of nitrogens with zero attached hydrogens (tertiary/aromatic N) is 4. The monoisotopic (exact) mass is 322 g/mol. The summed E-state index contributed by atoms with van der Waals surface area (Å²) in [6.07, 6.45) is 2.23. The number of imide groups is 1. The Hall–Kier alpha value is -1.02. The average Bonchev–Trinajstić information content (AvgIpc) is 2.88. The highest BCUT2D eigenvalue weighted by Gasteiger charge is 2.64. The average molecular weight is 322 g/mol. The van der Waals surface area contributed by atoms with Gasteiger partial charge < -0.3 is 10.0 Å². The second-order valence-corrected chi connectivity index (χ2v) is 7.73. The van der Waals surface area contributed by atoms with E-state index in [9.17, 15) is 14.7 Å². The van der Waals surface area contributed by atoms with Crippen LogP contribution in [0.5, 0.6) is 0 Å². The number of amides is 2. The third-order valence-electron chi connectivity index (χ3n) is 6.28. The Morgan fingerprint density at radius 2 is 1.78 bits per heavy atom. The van der Waals surface area contributed by atoms with Gasteiger partial charge in [-0.05, 0) is 39.4 Å². The van der Waals surface area contributed by atoms with Crippen molar-refractivity contribution in [2.24, 2.45) is 0 Å². The predicted octanol–water partition coefficient (Wildman–Crippen LogP) is -1.43. The zero-order valence-electron chi connectivity index (χ0n) is 13.9. The van der Waals surface area contributed by atoms with Crippen LogP contribution in [0.25, 0.3) is 0 Å². The molecule has 0 saturated carbocycles. The molecule has 4 rings (SSSR count). The number of piperidine rings is 1. The SMILES string of the molecule is CN1CCC(N2CC3(C2)C(=O)N(C)C(=O)C2CC(O)CN23)CC1. The number of aliphatic hydroxyl groups excluding tert-OH is 1. The number of piperazine rings is 1. The molecule has 4 fully saturated rings. The van der Waals surface area contributed by atoms with Crippen LogP contribution in [0.1, 0.15) is 19.3 Å². The Labute approximate surface area is 136 Å². The van der Waals surface area contributed by atoms with Crippen molar-refractivity contribution >= 4 is 11.8 Å². The highest BCUT2D eigenvalue weighted by molar-refractivity contribution is 6.05. The van der Waals surface area contributed by atoms with E-state index in [1.54, 1.807) is 7.05 Å². The van der Waals surface area contributed by atoms with Crippen LogP contribution in [0, 0.1) is 0 Å². The second kappa shape index (κ2) is 5.24. The number of hydrogen-bond acceptors (Lipinski definition) is 6. The number of rotatable bonds is 1. The molecule has 0 aromatic heterocycles. The molecular formula is C16H26N4O3. The van der Waals surface area contributed by atoms with E-state index in [4.69, 9.17) is 0 Å². The molecule has 7 nitrogen and oxygen atoms in total. The quantitative estimate of drug-likeness (QED) is 0.597. The summed E-state index contributed by atoms with van der Waals surface area (Å²) in [6, 6.07) is 0.214. The summed E-state index contributed by atoms with van der Waals surface area (Å²) in [4.78, 5) is 33.2.